The highest BCUT2D eigenvalue weighted by Crippen LogP contribution is 2.27. The maximum atomic E-state index is 12.6. The maximum Gasteiger partial charge on any atom is 0.224 e. The van der Waals surface area contributed by atoms with E-state index < -0.39 is 0 Å². The fourth-order valence-electron chi connectivity index (χ4n) is 3.47. The van der Waals surface area contributed by atoms with Crippen molar-refractivity contribution in [3.63, 3.8) is 0 Å². The van der Waals surface area contributed by atoms with Crippen LogP contribution in [0.4, 0.5) is 0 Å². The zero-order chi connectivity index (χ0) is 18.8. The number of rotatable bonds is 4. The van der Waals surface area contributed by atoms with Crippen LogP contribution in [0.1, 0.15) is 30.3 Å². The number of carbonyl (C=O) groups excluding carboxylic acids is 1. The van der Waals surface area contributed by atoms with Crippen LogP contribution in [0, 0.1) is 19.8 Å². The van der Waals surface area contributed by atoms with Gasteiger partial charge in [-0.1, -0.05) is 30.1 Å². The zero-order valence-electron chi connectivity index (χ0n) is 15.3. The molecule has 2 aromatic rings. The number of benzene rings is 1. The SMILES string of the molecule is Cc1nn(-c2ccc(Cl)cc2Cl)c(C)c1CC(=O)NC1CCNCC1C. The van der Waals surface area contributed by atoms with Gasteiger partial charge in [-0.25, -0.2) is 4.68 Å². The van der Waals surface area contributed by atoms with Crippen molar-refractivity contribution in [2.45, 2.75) is 39.7 Å². The first kappa shape index (κ1) is 19.2. The fourth-order valence-corrected chi connectivity index (χ4v) is 3.95. The summed E-state index contributed by atoms with van der Waals surface area (Å²) < 4.78 is 1.78. The summed E-state index contributed by atoms with van der Waals surface area (Å²) >= 11 is 12.3. The normalized spacial score (nSPS) is 20.2. The number of piperidine rings is 1. The standard InChI is InChI=1S/C19H24Cl2N4O/c1-11-10-22-7-6-17(11)23-19(26)9-15-12(2)24-25(13(15)3)18-5-4-14(20)8-16(18)21/h4-5,8,11,17,22H,6-7,9-10H2,1-3H3,(H,23,26). The van der Waals surface area contributed by atoms with Crippen LogP contribution < -0.4 is 10.6 Å². The molecule has 5 nitrogen and oxygen atoms in total. The molecule has 2 N–H and O–H groups in total. The van der Waals surface area contributed by atoms with Gasteiger partial charge < -0.3 is 10.6 Å². The predicted molar refractivity (Wildman–Crippen MR) is 105 cm³/mol. The Kier molecular flexibility index (Phi) is 5.90. The first-order valence-electron chi connectivity index (χ1n) is 8.87. The molecule has 2 unspecified atom stereocenters. The maximum absolute atomic E-state index is 12.6. The van der Waals surface area contributed by atoms with Gasteiger partial charge in [-0.15, -0.1) is 0 Å². The molecule has 1 aliphatic heterocycles. The van der Waals surface area contributed by atoms with Gasteiger partial charge in [-0.2, -0.15) is 5.10 Å². The van der Waals surface area contributed by atoms with Crippen LogP contribution in [-0.4, -0.2) is 34.8 Å². The molecule has 0 aliphatic carbocycles. The van der Waals surface area contributed by atoms with Crippen molar-refractivity contribution in [3.05, 3.63) is 45.2 Å². The van der Waals surface area contributed by atoms with Crippen LogP contribution in [0.2, 0.25) is 10.0 Å². The summed E-state index contributed by atoms with van der Waals surface area (Å²) in [5.74, 6) is 0.474. The minimum absolute atomic E-state index is 0.0386. The molecule has 1 aromatic heterocycles. The van der Waals surface area contributed by atoms with E-state index in [4.69, 9.17) is 23.2 Å². The lowest BCUT2D eigenvalue weighted by Gasteiger charge is -2.30. The quantitative estimate of drug-likeness (QED) is 0.834. The van der Waals surface area contributed by atoms with Crippen molar-refractivity contribution in [1.29, 1.82) is 0 Å². The summed E-state index contributed by atoms with van der Waals surface area (Å²) in [7, 11) is 0. The summed E-state index contributed by atoms with van der Waals surface area (Å²) in [6, 6.07) is 5.54. The third-order valence-electron chi connectivity index (χ3n) is 5.05. The Morgan fingerprint density at radius 1 is 1.38 bits per heavy atom. The lowest BCUT2D eigenvalue weighted by atomic mass is 9.95. The Labute approximate surface area is 164 Å². The molecule has 1 fully saturated rings. The number of nitrogens with zero attached hydrogens (tertiary/aromatic N) is 2. The number of hydrogen-bond acceptors (Lipinski definition) is 3. The molecular weight excluding hydrogens is 371 g/mol. The summed E-state index contributed by atoms with van der Waals surface area (Å²) in [6.45, 7) is 7.92. The van der Waals surface area contributed by atoms with Gasteiger partial charge in [0.1, 0.15) is 0 Å². The third kappa shape index (κ3) is 4.05. The summed E-state index contributed by atoms with van der Waals surface area (Å²) in [6.07, 6.45) is 1.28. The van der Waals surface area contributed by atoms with E-state index in [2.05, 4.69) is 22.7 Å². The minimum atomic E-state index is 0.0386. The van der Waals surface area contributed by atoms with E-state index in [9.17, 15) is 4.79 Å². The van der Waals surface area contributed by atoms with Crippen molar-refractivity contribution in [2.24, 2.45) is 5.92 Å². The average Bonchev–Trinajstić information content (AvgIpc) is 2.85. The summed E-state index contributed by atoms with van der Waals surface area (Å²) in [4.78, 5) is 12.6. The van der Waals surface area contributed by atoms with Crippen LogP contribution in [0.15, 0.2) is 18.2 Å². The molecule has 1 aliphatic rings. The average molecular weight is 395 g/mol. The van der Waals surface area contributed by atoms with E-state index in [0.717, 1.165) is 42.1 Å². The van der Waals surface area contributed by atoms with Crippen LogP contribution in [-0.2, 0) is 11.2 Å². The van der Waals surface area contributed by atoms with Gasteiger partial charge in [0, 0.05) is 22.3 Å². The van der Waals surface area contributed by atoms with E-state index in [1.165, 1.54) is 0 Å². The molecule has 140 valence electrons. The highest BCUT2D eigenvalue weighted by molar-refractivity contribution is 6.35. The third-order valence-corrected chi connectivity index (χ3v) is 5.59. The van der Waals surface area contributed by atoms with E-state index in [0.29, 0.717) is 22.4 Å². The van der Waals surface area contributed by atoms with E-state index in [1.807, 2.05) is 19.9 Å². The van der Waals surface area contributed by atoms with Crippen molar-refractivity contribution in [1.82, 2.24) is 20.4 Å². The molecule has 0 saturated carbocycles. The number of halogens is 2. The lowest BCUT2D eigenvalue weighted by molar-refractivity contribution is -0.121. The Morgan fingerprint density at radius 3 is 2.85 bits per heavy atom. The van der Waals surface area contributed by atoms with Crippen LogP contribution >= 0.6 is 23.2 Å². The van der Waals surface area contributed by atoms with Crippen molar-refractivity contribution in [3.8, 4) is 5.69 Å². The minimum Gasteiger partial charge on any atom is -0.353 e. The van der Waals surface area contributed by atoms with E-state index in [1.54, 1.807) is 16.8 Å². The molecule has 0 bridgehead atoms. The van der Waals surface area contributed by atoms with Crippen molar-refractivity contribution in [2.75, 3.05) is 13.1 Å². The molecule has 1 amide bonds. The first-order chi connectivity index (χ1) is 12.4. The highest BCUT2D eigenvalue weighted by Gasteiger charge is 2.24. The largest absolute Gasteiger partial charge is 0.353 e. The Hall–Kier alpha value is -1.56. The van der Waals surface area contributed by atoms with Crippen LogP contribution in [0.3, 0.4) is 0 Å². The molecule has 1 saturated heterocycles. The second-order valence-corrected chi connectivity index (χ2v) is 7.82. The van der Waals surface area contributed by atoms with Gasteiger partial charge in [0.05, 0.1) is 22.8 Å². The number of hydrogen-bond donors (Lipinski definition) is 2. The zero-order valence-corrected chi connectivity index (χ0v) is 16.8. The Morgan fingerprint density at radius 2 is 2.15 bits per heavy atom. The summed E-state index contributed by atoms with van der Waals surface area (Å²) in [5.41, 5.74) is 3.45. The molecule has 1 aromatic carbocycles. The number of aromatic nitrogens is 2. The molecule has 7 heteroatoms. The Balaban J connectivity index is 1.78. The second kappa shape index (κ2) is 7.99. The van der Waals surface area contributed by atoms with Gasteiger partial charge in [0.25, 0.3) is 0 Å². The van der Waals surface area contributed by atoms with E-state index in [-0.39, 0.29) is 11.9 Å². The molecule has 0 radical (unpaired) electrons. The van der Waals surface area contributed by atoms with Gasteiger partial charge in [0.15, 0.2) is 0 Å². The van der Waals surface area contributed by atoms with Gasteiger partial charge in [-0.05, 0) is 57.5 Å². The van der Waals surface area contributed by atoms with Crippen molar-refractivity contribution >= 4 is 29.1 Å². The van der Waals surface area contributed by atoms with Crippen LogP contribution in [0.5, 0.6) is 0 Å². The highest BCUT2D eigenvalue weighted by atomic mass is 35.5. The molecule has 26 heavy (non-hydrogen) atoms. The number of carbonyl (C=O) groups is 1. The molecule has 3 rings (SSSR count). The molecular formula is C19H24Cl2N4O. The topological polar surface area (TPSA) is 59.0 Å². The number of nitrogens with one attached hydrogen (secondary N) is 2. The molecule has 2 atom stereocenters. The second-order valence-electron chi connectivity index (χ2n) is 6.98. The predicted octanol–water partition coefficient (Wildman–Crippen LogP) is 3.45. The fraction of sp³-hybridized carbons (Fsp3) is 0.474. The number of amides is 1. The monoisotopic (exact) mass is 394 g/mol. The van der Waals surface area contributed by atoms with Gasteiger partial charge >= 0.3 is 0 Å². The van der Waals surface area contributed by atoms with Crippen LogP contribution in [0.25, 0.3) is 5.69 Å². The van der Waals surface area contributed by atoms with E-state index >= 15 is 0 Å². The van der Waals surface area contributed by atoms with Crippen molar-refractivity contribution < 1.29 is 4.79 Å². The molecule has 0 spiro atoms. The number of aryl methyl sites for hydroxylation is 1. The lowest BCUT2D eigenvalue weighted by Crippen LogP contribution is -2.48. The Bertz CT molecular complexity index is 818. The van der Waals surface area contributed by atoms with Gasteiger partial charge in [0.2, 0.25) is 5.91 Å². The molecule has 2 heterocycles. The first-order valence-corrected chi connectivity index (χ1v) is 9.63. The smallest absolute Gasteiger partial charge is 0.224 e. The summed E-state index contributed by atoms with van der Waals surface area (Å²) in [5, 5.41) is 12.2. The van der Waals surface area contributed by atoms with Gasteiger partial charge in [-0.3, -0.25) is 4.79 Å².